The van der Waals surface area contributed by atoms with Gasteiger partial charge in [0, 0.05) is 28.4 Å². The molecule has 126 valence electrons. The molecule has 3 rings (SSSR count). The van der Waals surface area contributed by atoms with Gasteiger partial charge in [-0.2, -0.15) is 10.4 Å². The summed E-state index contributed by atoms with van der Waals surface area (Å²) in [6.45, 7) is 4.86. The Morgan fingerprint density at radius 1 is 1.20 bits per heavy atom. The minimum absolute atomic E-state index is 0.196. The molecule has 1 N–H and O–H groups in total. The molecule has 2 aromatic carbocycles. The largest absolute Gasteiger partial charge is 0.461 e. The van der Waals surface area contributed by atoms with E-state index in [-0.39, 0.29) is 12.3 Å². The Morgan fingerprint density at radius 2 is 1.96 bits per heavy atom. The number of aryl methyl sites for hydroxylation is 1. The molecule has 3 aromatic rings. The number of benzene rings is 2. The summed E-state index contributed by atoms with van der Waals surface area (Å²) in [4.78, 5) is 11.6. The number of para-hydroxylation sites is 1. The number of carbonyl (C=O) groups is 1. The highest BCUT2D eigenvalue weighted by molar-refractivity contribution is 6.43. The predicted molar refractivity (Wildman–Crippen MR) is 98.4 cm³/mol. The lowest BCUT2D eigenvalue weighted by molar-refractivity contribution is -0.134. The lowest BCUT2D eigenvalue weighted by Gasteiger charge is -2.04. The number of esters is 1. The molecule has 6 heteroatoms. The van der Waals surface area contributed by atoms with E-state index in [0.717, 1.165) is 22.8 Å². The molecule has 0 unspecified atom stereocenters. The van der Waals surface area contributed by atoms with Crippen molar-refractivity contribution in [2.45, 2.75) is 20.4 Å². The highest BCUT2D eigenvalue weighted by Crippen LogP contribution is 2.30. The molecule has 0 bridgehead atoms. The fourth-order valence-electron chi connectivity index (χ4n) is 2.90. The Labute approximate surface area is 145 Å². The molecule has 0 amide bonds. The van der Waals surface area contributed by atoms with E-state index < -0.39 is 5.97 Å². The molecule has 0 aliphatic carbocycles. The van der Waals surface area contributed by atoms with E-state index in [0.29, 0.717) is 5.69 Å². The van der Waals surface area contributed by atoms with Crippen molar-refractivity contribution < 1.29 is 9.53 Å². The topological polar surface area (TPSA) is 79.4 Å². The molecule has 0 aliphatic rings. The van der Waals surface area contributed by atoms with Gasteiger partial charge in [-0.05, 0) is 38.1 Å². The van der Waals surface area contributed by atoms with E-state index >= 15 is 0 Å². The monoisotopic (exact) mass is 334 g/mol. The van der Waals surface area contributed by atoms with Gasteiger partial charge in [-0.3, -0.25) is 5.43 Å². The van der Waals surface area contributed by atoms with E-state index in [2.05, 4.69) is 34.2 Å². The zero-order valence-corrected chi connectivity index (χ0v) is 14.1. The van der Waals surface area contributed by atoms with Crippen molar-refractivity contribution in [3.05, 3.63) is 42.5 Å². The number of ether oxygens (including phenoxy) is 1. The second-order valence-electron chi connectivity index (χ2n) is 5.40. The number of hydrogen-bond donors (Lipinski definition) is 1. The first-order chi connectivity index (χ1) is 12.2. The van der Waals surface area contributed by atoms with Crippen LogP contribution in [0.15, 0.2) is 47.6 Å². The molecule has 0 saturated heterocycles. The lowest BCUT2D eigenvalue weighted by Crippen LogP contribution is -2.17. The summed E-state index contributed by atoms with van der Waals surface area (Å²) in [5, 5.41) is 15.1. The molecule has 0 spiro atoms. The maximum Gasteiger partial charge on any atom is 0.369 e. The number of hydrogen-bond acceptors (Lipinski definition) is 5. The van der Waals surface area contributed by atoms with Crippen LogP contribution in [0.1, 0.15) is 13.8 Å². The molecule has 6 nitrogen and oxygen atoms in total. The van der Waals surface area contributed by atoms with Gasteiger partial charge in [-0.15, -0.1) is 0 Å². The molecule has 0 fully saturated rings. The smallest absolute Gasteiger partial charge is 0.369 e. The number of aromatic nitrogens is 1. The molecular formula is C19H18N4O2. The Bertz CT molecular complexity index is 1010. The summed E-state index contributed by atoms with van der Waals surface area (Å²) in [7, 11) is 0. The maximum atomic E-state index is 11.6. The average Bonchev–Trinajstić information content (AvgIpc) is 2.95. The van der Waals surface area contributed by atoms with E-state index in [1.54, 1.807) is 13.0 Å². The minimum Gasteiger partial charge on any atom is -0.461 e. The molecule has 0 atom stereocenters. The first kappa shape index (κ1) is 16.5. The lowest BCUT2D eigenvalue weighted by atomic mass is 10.1. The molecule has 1 heterocycles. The van der Waals surface area contributed by atoms with Gasteiger partial charge in [-0.1, -0.05) is 18.2 Å². The highest BCUT2D eigenvalue weighted by atomic mass is 16.5. The summed E-state index contributed by atoms with van der Waals surface area (Å²) in [6.07, 6.45) is 0. The third-order valence-corrected chi connectivity index (χ3v) is 3.96. The fourth-order valence-corrected chi connectivity index (χ4v) is 2.90. The zero-order valence-electron chi connectivity index (χ0n) is 14.1. The number of rotatable bonds is 5. The van der Waals surface area contributed by atoms with Crippen LogP contribution in [0.2, 0.25) is 0 Å². The first-order valence-electron chi connectivity index (χ1n) is 8.11. The van der Waals surface area contributed by atoms with E-state index in [1.807, 2.05) is 30.3 Å². The standard InChI is InChI=1S/C19H18N4O2/c1-3-23-17-8-6-5-7-14(17)15-11-13(9-10-18(15)23)21-22-16(12-20)19(24)25-4-2/h5-11,21H,3-4H2,1-2H3. The van der Waals surface area contributed by atoms with Gasteiger partial charge < -0.3 is 9.30 Å². The molecule has 25 heavy (non-hydrogen) atoms. The van der Waals surface area contributed by atoms with Crippen LogP contribution >= 0.6 is 0 Å². The number of nitrogens with one attached hydrogen (secondary N) is 1. The van der Waals surface area contributed by atoms with Crippen molar-refractivity contribution >= 4 is 39.2 Å². The third kappa shape index (κ3) is 3.04. The number of hydrazone groups is 1. The van der Waals surface area contributed by atoms with Gasteiger partial charge in [0.15, 0.2) is 0 Å². The van der Waals surface area contributed by atoms with Crippen LogP contribution in [0.3, 0.4) is 0 Å². The summed E-state index contributed by atoms with van der Waals surface area (Å²) in [5.74, 6) is -0.735. The first-order valence-corrected chi connectivity index (χ1v) is 8.11. The summed E-state index contributed by atoms with van der Waals surface area (Å²) in [5.41, 5.74) is 5.46. The number of carbonyl (C=O) groups excluding carboxylic acids is 1. The number of nitrogens with zero attached hydrogens (tertiary/aromatic N) is 3. The zero-order chi connectivity index (χ0) is 17.8. The maximum absolute atomic E-state index is 11.6. The Morgan fingerprint density at radius 3 is 2.68 bits per heavy atom. The van der Waals surface area contributed by atoms with Crippen molar-refractivity contribution in [2.75, 3.05) is 12.0 Å². The Hall–Kier alpha value is -3.33. The van der Waals surface area contributed by atoms with Crippen LogP contribution in [0, 0.1) is 11.3 Å². The summed E-state index contributed by atoms with van der Waals surface area (Å²) >= 11 is 0. The SMILES string of the molecule is CCOC(=O)C(C#N)=NNc1ccc2c(c1)c1ccccc1n2CC. The van der Waals surface area contributed by atoms with Crippen LogP contribution in [0.5, 0.6) is 0 Å². The number of anilines is 1. The van der Waals surface area contributed by atoms with Crippen molar-refractivity contribution in [3.8, 4) is 6.07 Å². The van der Waals surface area contributed by atoms with Gasteiger partial charge in [0.05, 0.1) is 12.3 Å². The number of nitriles is 1. The molecule has 1 aromatic heterocycles. The van der Waals surface area contributed by atoms with Crippen LogP contribution in [0.25, 0.3) is 21.8 Å². The van der Waals surface area contributed by atoms with Gasteiger partial charge in [0.25, 0.3) is 0 Å². The molecule has 0 aliphatic heterocycles. The van der Waals surface area contributed by atoms with Gasteiger partial charge in [0.2, 0.25) is 5.71 Å². The van der Waals surface area contributed by atoms with E-state index in [1.165, 1.54) is 5.52 Å². The van der Waals surface area contributed by atoms with Crippen molar-refractivity contribution in [3.63, 3.8) is 0 Å². The van der Waals surface area contributed by atoms with Crippen LogP contribution < -0.4 is 5.43 Å². The minimum atomic E-state index is -0.735. The van der Waals surface area contributed by atoms with Gasteiger partial charge >= 0.3 is 5.97 Å². The molecular weight excluding hydrogens is 316 g/mol. The van der Waals surface area contributed by atoms with E-state index in [4.69, 9.17) is 10.00 Å². The fraction of sp³-hybridized carbons (Fsp3) is 0.211. The highest BCUT2D eigenvalue weighted by Gasteiger charge is 2.12. The normalized spacial score (nSPS) is 11.5. The molecule has 0 radical (unpaired) electrons. The summed E-state index contributed by atoms with van der Waals surface area (Å²) < 4.78 is 7.04. The third-order valence-electron chi connectivity index (χ3n) is 3.96. The van der Waals surface area contributed by atoms with Crippen LogP contribution in [-0.2, 0) is 16.1 Å². The quantitative estimate of drug-likeness (QED) is 0.438. The second kappa shape index (κ2) is 7.05. The second-order valence-corrected chi connectivity index (χ2v) is 5.40. The van der Waals surface area contributed by atoms with Gasteiger partial charge in [-0.25, -0.2) is 4.79 Å². The van der Waals surface area contributed by atoms with E-state index in [9.17, 15) is 4.79 Å². The van der Waals surface area contributed by atoms with Crippen molar-refractivity contribution in [1.82, 2.24) is 4.57 Å². The number of fused-ring (bicyclic) bond motifs is 3. The van der Waals surface area contributed by atoms with Crippen molar-refractivity contribution in [1.29, 1.82) is 5.26 Å². The van der Waals surface area contributed by atoms with Gasteiger partial charge in [0.1, 0.15) is 6.07 Å². The van der Waals surface area contributed by atoms with Crippen LogP contribution in [-0.4, -0.2) is 22.9 Å². The van der Waals surface area contributed by atoms with Crippen molar-refractivity contribution in [2.24, 2.45) is 5.10 Å². The predicted octanol–water partition coefficient (Wildman–Crippen LogP) is 3.67. The summed E-state index contributed by atoms with van der Waals surface area (Å²) in [6, 6.07) is 15.8. The Balaban J connectivity index is 2.01. The Kier molecular flexibility index (Phi) is 4.66. The molecule has 0 saturated carbocycles. The van der Waals surface area contributed by atoms with Crippen LogP contribution in [0.4, 0.5) is 5.69 Å². The average molecular weight is 334 g/mol.